The Morgan fingerprint density at radius 3 is 2.59 bits per heavy atom. The molecule has 6 nitrogen and oxygen atoms in total. The molecule has 0 aliphatic carbocycles. The quantitative estimate of drug-likeness (QED) is 0.816. The van der Waals surface area contributed by atoms with Gasteiger partial charge in [-0.25, -0.2) is 4.98 Å². The summed E-state index contributed by atoms with van der Waals surface area (Å²) in [6, 6.07) is 3.82. The average molecular weight is 319 g/mol. The topological polar surface area (TPSA) is 51.7 Å². The van der Waals surface area contributed by atoms with Crippen LogP contribution in [0.25, 0.3) is 0 Å². The Balaban J connectivity index is 1.65. The second-order valence-corrected chi connectivity index (χ2v) is 6.30. The zero-order valence-corrected chi connectivity index (χ0v) is 13.8. The normalized spacial score (nSPS) is 23.1. The van der Waals surface area contributed by atoms with Crippen molar-refractivity contribution in [2.24, 2.45) is 0 Å². The minimum Gasteiger partial charge on any atom is -0.354 e. The molecule has 0 bridgehead atoms. The molecular weight excluding hydrogens is 298 g/mol. The molecule has 0 saturated carbocycles. The largest absolute Gasteiger partial charge is 0.354 e. The van der Waals surface area contributed by atoms with E-state index >= 15 is 0 Å². The van der Waals surface area contributed by atoms with E-state index in [0.29, 0.717) is 11.7 Å². The highest BCUT2D eigenvalue weighted by Crippen LogP contribution is 2.16. The molecule has 2 aliphatic rings. The Morgan fingerprint density at radius 1 is 1.32 bits per heavy atom. The third-order valence-corrected chi connectivity index (χ3v) is 4.54. The van der Waals surface area contributed by atoms with Crippen molar-refractivity contribution in [2.75, 3.05) is 38.1 Å². The predicted molar refractivity (Wildman–Crippen MR) is 89.7 cm³/mol. The second-order valence-electron chi connectivity index (χ2n) is 5.91. The lowest BCUT2D eigenvalue weighted by molar-refractivity contribution is -0.127. The van der Waals surface area contributed by atoms with Gasteiger partial charge < -0.3 is 15.1 Å². The van der Waals surface area contributed by atoms with Crippen LogP contribution in [0, 0.1) is 0 Å². The van der Waals surface area contributed by atoms with E-state index in [1.165, 1.54) is 0 Å². The van der Waals surface area contributed by atoms with Gasteiger partial charge in [0.05, 0.1) is 6.54 Å². The first-order valence-corrected chi connectivity index (χ1v) is 7.96. The minimum atomic E-state index is -0.231. The predicted octanol–water partition coefficient (Wildman–Crippen LogP) is 0.439. The number of nitrogens with one attached hydrogen (secondary N) is 1. The van der Waals surface area contributed by atoms with Crippen molar-refractivity contribution in [3.63, 3.8) is 0 Å². The first-order chi connectivity index (χ1) is 10.5. The number of pyridine rings is 1. The average Bonchev–Trinajstić information content (AvgIpc) is 2.75. The van der Waals surface area contributed by atoms with Gasteiger partial charge in [-0.15, -0.1) is 0 Å². The second kappa shape index (κ2) is 6.18. The Labute approximate surface area is 136 Å². The van der Waals surface area contributed by atoms with E-state index in [9.17, 15) is 4.79 Å². The fourth-order valence-electron chi connectivity index (χ4n) is 2.72. The summed E-state index contributed by atoms with van der Waals surface area (Å²) >= 11 is 5.19. The van der Waals surface area contributed by atoms with E-state index in [1.54, 1.807) is 4.90 Å². The van der Waals surface area contributed by atoms with Crippen molar-refractivity contribution in [1.82, 2.24) is 20.1 Å². The maximum absolute atomic E-state index is 12.0. The summed E-state index contributed by atoms with van der Waals surface area (Å²) in [6.07, 6.45) is 1.84. The monoisotopic (exact) mass is 319 g/mol. The van der Waals surface area contributed by atoms with Crippen LogP contribution in [-0.4, -0.2) is 65.1 Å². The van der Waals surface area contributed by atoms with Crippen LogP contribution in [0.1, 0.15) is 12.5 Å². The number of piperazine rings is 1. The van der Waals surface area contributed by atoms with Crippen molar-refractivity contribution in [3.8, 4) is 0 Å². The number of hydrogen-bond donors (Lipinski definition) is 1. The molecule has 22 heavy (non-hydrogen) atoms. The van der Waals surface area contributed by atoms with Crippen LogP contribution in [-0.2, 0) is 11.3 Å². The van der Waals surface area contributed by atoms with Gasteiger partial charge in [0.25, 0.3) is 5.91 Å². The molecule has 7 heteroatoms. The Hall–Kier alpha value is -1.73. The molecule has 1 atom stereocenters. The summed E-state index contributed by atoms with van der Waals surface area (Å²) in [6.45, 7) is 6.42. The molecule has 1 N–H and O–H groups in total. The van der Waals surface area contributed by atoms with Gasteiger partial charge in [-0.3, -0.25) is 9.69 Å². The highest BCUT2D eigenvalue weighted by molar-refractivity contribution is 7.80. The molecule has 1 amide bonds. The molecule has 1 aromatic rings. The molecular formula is C15H21N5OS. The summed E-state index contributed by atoms with van der Waals surface area (Å²) in [5.41, 5.74) is 0.990. The molecule has 2 aliphatic heterocycles. The highest BCUT2D eigenvalue weighted by Gasteiger charge is 2.32. The molecule has 0 spiro atoms. The van der Waals surface area contributed by atoms with Crippen LogP contribution in [0.4, 0.5) is 5.82 Å². The van der Waals surface area contributed by atoms with Crippen LogP contribution in [0.15, 0.2) is 18.3 Å². The maximum atomic E-state index is 12.0. The van der Waals surface area contributed by atoms with Crippen LogP contribution < -0.4 is 10.2 Å². The number of carbonyl (C=O) groups excluding carboxylic acids is 1. The molecule has 3 heterocycles. The van der Waals surface area contributed by atoms with Gasteiger partial charge >= 0.3 is 0 Å². The number of hydrogen-bond acceptors (Lipinski definition) is 5. The summed E-state index contributed by atoms with van der Waals surface area (Å²) in [7, 11) is 2.14. The van der Waals surface area contributed by atoms with Gasteiger partial charge in [0.1, 0.15) is 11.9 Å². The molecule has 0 unspecified atom stereocenters. The standard InChI is InChI=1S/C15H21N5OS/c1-11-14(21)20(15(22)17-11)10-12-3-4-13(16-9-12)19-7-5-18(2)6-8-19/h3-4,9,11H,5-8,10H2,1-2H3,(H,17,22)/t11-/m1/s1. The highest BCUT2D eigenvalue weighted by atomic mass is 32.1. The van der Waals surface area contributed by atoms with Crippen LogP contribution in [0.2, 0.25) is 0 Å². The van der Waals surface area contributed by atoms with Gasteiger partial charge in [-0.05, 0) is 37.8 Å². The van der Waals surface area contributed by atoms with E-state index in [-0.39, 0.29) is 11.9 Å². The third-order valence-electron chi connectivity index (χ3n) is 4.20. The van der Waals surface area contributed by atoms with Crippen LogP contribution >= 0.6 is 12.2 Å². The van der Waals surface area contributed by atoms with Gasteiger partial charge in [0, 0.05) is 32.4 Å². The Bertz CT molecular complexity index is 568. The van der Waals surface area contributed by atoms with Crippen molar-refractivity contribution in [3.05, 3.63) is 23.9 Å². The SMILES string of the molecule is C[C@H]1NC(=S)N(Cc2ccc(N3CCN(C)CC3)nc2)C1=O. The van der Waals surface area contributed by atoms with Gasteiger partial charge in [0.15, 0.2) is 5.11 Å². The fourth-order valence-corrected chi connectivity index (χ4v) is 3.06. The van der Waals surface area contributed by atoms with Crippen molar-refractivity contribution in [1.29, 1.82) is 0 Å². The maximum Gasteiger partial charge on any atom is 0.251 e. The zero-order chi connectivity index (χ0) is 15.7. The lowest BCUT2D eigenvalue weighted by Gasteiger charge is -2.33. The number of nitrogens with zero attached hydrogens (tertiary/aromatic N) is 4. The number of likely N-dealkylation sites (N-methyl/N-ethyl adjacent to an activating group) is 1. The van der Waals surface area contributed by atoms with Crippen molar-refractivity contribution < 1.29 is 4.79 Å². The first-order valence-electron chi connectivity index (χ1n) is 7.55. The van der Waals surface area contributed by atoms with E-state index in [2.05, 4.69) is 27.1 Å². The lowest BCUT2D eigenvalue weighted by atomic mass is 10.2. The number of aromatic nitrogens is 1. The summed E-state index contributed by atoms with van der Waals surface area (Å²) in [5, 5.41) is 3.48. The Kier molecular flexibility index (Phi) is 4.26. The van der Waals surface area contributed by atoms with Gasteiger partial charge in [0.2, 0.25) is 0 Å². The molecule has 2 fully saturated rings. The van der Waals surface area contributed by atoms with Crippen molar-refractivity contribution in [2.45, 2.75) is 19.5 Å². The van der Waals surface area contributed by atoms with Crippen LogP contribution in [0.5, 0.6) is 0 Å². The number of amides is 1. The summed E-state index contributed by atoms with van der Waals surface area (Å²) < 4.78 is 0. The molecule has 0 radical (unpaired) electrons. The molecule has 118 valence electrons. The summed E-state index contributed by atoms with van der Waals surface area (Å²) in [5.74, 6) is 1.02. The third kappa shape index (κ3) is 3.05. The molecule has 3 rings (SSSR count). The first kappa shape index (κ1) is 15.2. The fraction of sp³-hybridized carbons (Fsp3) is 0.533. The molecule has 2 saturated heterocycles. The number of anilines is 1. The van der Waals surface area contributed by atoms with Crippen molar-refractivity contribution >= 4 is 29.1 Å². The lowest BCUT2D eigenvalue weighted by Crippen LogP contribution is -2.44. The molecule has 0 aromatic carbocycles. The number of rotatable bonds is 3. The smallest absolute Gasteiger partial charge is 0.251 e. The summed E-state index contributed by atoms with van der Waals surface area (Å²) in [4.78, 5) is 22.8. The van der Waals surface area contributed by atoms with Crippen LogP contribution in [0.3, 0.4) is 0 Å². The van der Waals surface area contributed by atoms with E-state index in [0.717, 1.165) is 37.6 Å². The van der Waals surface area contributed by atoms with E-state index in [1.807, 2.05) is 25.3 Å². The van der Waals surface area contributed by atoms with E-state index < -0.39 is 0 Å². The zero-order valence-electron chi connectivity index (χ0n) is 13.0. The van der Waals surface area contributed by atoms with E-state index in [4.69, 9.17) is 12.2 Å². The minimum absolute atomic E-state index is 0.0214. The van der Waals surface area contributed by atoms with Gasteiger partial charge in [-0.1, -0.05) is 6.07 Å². The number of thiocarbonyl (C=S) groups is 1. The molecule has 1 aromatic heterocycles. The number of carbonyl (C=O) groups is 1. The van der Waals surface area contributed by atoms with Gasteiger partial charge in [-0.2, -0.15) is 0 Å². The Morgan fingerprint density at radius 2 is 2.05 bits per heavy atom.